The molecule has 0 aliphatic carbocycles. The van der Waals surface area contributed by atoms with Crippen LogP contribution in [0.4, 0.5) is 0 Å². The van der Waals surface area contributed by atoms with Crippen LogP contribution in [0, 0.1) is 0 Å². The summed E-state index contributed by atoms with van der Waals surface area (Å²) in [5.74, 6) is 0.897. The number of imidazole rings is 1. The van der Waals surface area contributed by atoms with Crippen LogP contribution in [0.15, 0.2) is 65.3 Å². The van der Waals surface area contributed by atoms with Crippen LogP contribution >= 0.6 is 15.9 Å². The number of benzene rings is 2. The molecular formula is C15H11BrN2. The van der Waals surface area contributed by atoms with Gasteiger partial charge in [-0.3, -0.25) is 0 Å². The zero-order valence-corrected chi connectivity index (χ0v) is 11.2. The lowest BCUT2D eigenvalue weighted by Gasteiger charge is -1.96. The number of rotatable bonds is 2. The summed E-state index contributed by atoms with van der Waals surface area (Å²) in [5, 5.41) is 0. The van der Waals surface area contributed by atoms with Gasteiger partial charge in [-0.15, -0.1) is 0 Å². The van der Waals surface area contributed by atoms with Crippen molar-refractivity contribution in [2.75, 3.05) is 0 Å². The Bertz CT molecular complexity index is 642. The van der Waals surface area contributed by atoms with E-state index in [-0.39, 0.29) is 0 Å². The maximum absolute atomic E-state index is 4.61. The molecule has 0 saturated carbocycles. The van der Waals surface area contributed by atoms with Crippen LogP contribution in [0.1, 0.15) is 0 Å². The average molecular weight is 299 g/mol. The molecule has 0 aliphatic rings. The Labute approximate surface area is 114 Å². The highest BCUT2D eigenvalue weighted by Gasteiger charge is 2.05. The topological polar surface area (TPSA) is 28.7 Å². The summed E-state index contributed by atoms with van der Waals surface area (Å²) in [4.78, 5) is 7.82. The second-order valence-electron chi connectivity index (χ2n) is 4.01. The third-order valence-electron chi connectivity index (χ3n) is 2.77. The van der Waals surface area contributed by atoms with E-state index >= 15 is 0 Å². The molecule has 1 N–H and O–H groups in total. The number of hydrogen-bond acceptors (Lipinski definition) is 1. The van der Waals surface area contributed by atoms with Gasteiger partial charge >= 0.3 is 0 Å². The van der Waals surface area contributed by atoms with Gasteiger partial charge in [0.25, 0.3) is 0 Å². The number of nitrogens with zero attached hydrogens (tertiary/aromatic N) is 1. The van der Waals surface area contributed by atoms with Crippen molar-refractivity contribution in [2.45, 2.75) is 0 Å². The Morgan fingerprint density at radius 1 is 0.833 bits per heavy atom. The molecule has 3 heteroatoms. The first-order valence-corrected chi connectivity index (χ1v) is 6.49. The van der Waals surface area contributed by atoms with Crippen molar-refractivity contribution < 1.29 is 0 Å². The normalized spacial score (nSPS) is 10.5. The van der Waals surface area contributed by atoms with Crippen molar-refractivity contribution in [1.29, 1.82) is 0 Å². The Balaban J connectivity index is 1.97. The van der Waals surface area contributed by atoms with Crippen LogP contribution in [0.2, 0.25) is 0 Å². The molecule has 0 amide bonds. The van der Waals surface area contributed by atoms with Crippen molar-refractivity contribution in [3.05, 3.63) is 65.3 Å². The summed E-state index contributed by atoms with van der Waals surface area (Å²) < 4.78 is 1.07. The monoisotopic (exact) mass is 298 g/mol. The highest BCUT2D eigenvalue weighted by Crippen LogP contribution is 2.23. The summed E-state index contributed by atoms with van der Waals surface area (Å²) >= 11 is 3.43. The molecule has 0 bridgehead atoms. The molecule has 0 aliphatic heterocycles. The first kappa shape index (κ1) is 11.2. The molecule has 0 atom stereocenters. The van der Waals surface area contributed by atoms with Gasteiger partial charge in [0.2, 0.25) is 0 Å². The summed E-state index contributed by atoms with van der Waals surface area (Å²) in [6.45, 7) is 0. The summed E-state index contributed by atoms with van der Waals surface area (Å²) in [6.07, 6.45) is 1.94. The standard InChI is InChI=1S/C15H11BrN2/c16-13-8-6-11(7-9-13)14-10-17-15(18-14)12-4-2-1-3-5-12/h1-10H,(H,17,18). The maximum Gasteiger partial charge on any atom is 0.138 e. The van der Waals surface area contributed by atoms with Gasteiger partial charge in [0.1, 0.15) is 5.82 Å². The fraction of sp³-hybridized carbons (Fsp3) is 0. The maximum atomic E-state index is 4.61. The molecule has 0 fully saturated rings. The molecule has 1 aromatic heterocycles. The first-order chi connectivity index (χ1) is 8.83. The van der Waals surface area contributed by atoms with Crippen molar-refractivity contribution >= 4 is 15.9 Å². The van der Waals surface area contributed by atoms with E-state index in [1.54, 1.807) is 0 Å². The second kappa shape index (κ2) is 4.78. The zero-order chi connectivity index (χ0) is 12.4. The van der Waals surface area contributed by atoms with Crippen molar-refractivity contribution in [2.24, 2.45) is 0 Å². The number of aromatic nitrogens is 2. The third kappa shape index (κ3) is 2.22. The van der Waals surface area contributed by atoms with Gasteiger partial charge in [-0.25, -0.2) is 4.98 Å². The number of H-pyrrole nitrogens is 1. The van der Waals surface area contributed by atoms with E-state index in [1.807, 2.05) is 48.7 Å². The summed E-state index contributed by atoms with van der Waals surface area (Å²) in [6, 6.07) is 18.3. The van der Waals surface area contributed by atoms with Crippen LogP contribution < -0.4 is 0 Å². The van der Waals surface area contributed by atoms with Crippen LogP contribution in [-0.2, 0) is 0 Å². The predicted molar refractivity (Wildman–Crippen MR) is 77.2 cm³/mol. The fourth-order valence-corrected chi connectivity index (χ4v) is 2.10. The van der Waals surface area contributed by atoms with Crippen molar-refractivity contribution in [1.82, 2.24) is 9.97 Å². The van der Waals surface area contributed by atoms with Crippen LogP contribution in [-0.4, -0.2) is 9.97 Å². The molecule has 1 heterocycles. The molecule has 3 aromatic rings. The van der Waals surface area contributed by atoms with E-state index in [2.05, 4.69) is 38.0 Å². The van der Waals surface area contributed by atoms with Gasteiger partial charge in [-0.1, -0.05) is 58.4 Å². The lowest BCUT2D eigenvalue weighted by atomic mass is 10.2. The van der Waals surface area contributed by atoms with Crippen molar-refractivity contribution in [3.8, 4) is 22.6 Å². The Morgan fingerprint density at radius 2 is 1.56 bits per heavy atom. The molecule has 2 aromatic carbocycles. The van der Waals surface area contributed by atoms with E-state index in [9.17, 15) is 0 Å². The predicted octanol–water partition coefficient (Wildman–Crippen LogP) is 4.51. The minimum atomic E-state index is 0.897. The van der Waals surface area contributed by atoms with Gasteiger partial charge < -0.3 is 4.98 Å². The lowest BCUT2D eigenvalue weighted by Crippen LogP contribution is -1.80. The largest absolute Gasteiger partial charge is 0.344 e. The zero-order valence-electron chi connectivity index (χ0n) is 9.60. The molecule has 88 valence electrons. The van der Waals surface area contributed by atoms with Gasteiger partial charge in [0.15, 0.2) is 0 Å². The smallest absolute Gasteiger partial charge is 0.138 e. The summed E-state index contributed by atoms with van der Waals surface area (Å²) in [5.41, 5.74) is 3.17. The number of nitrogens with one attached hydrogen (secondary N) is 1. The van der Waals surface area contributed by atoms with Crippen LogP contribution in [0.5, 0.6) is 0 Å². The lowest BCUT2D eigenvalue weighted by molar-refractivity contribution is 1.31. The Kier molecular flexibility index (Phi) is 2.99. The average Bonchev–Trinajstić information content (AvgIpc) is 2.90. The van der Waals surface area contributed by atoms with Crippen LogP contribution in [0.3, 0.4) is 0 Å². The van der Waals surface area contributed by atoms with E-state index in [1.165, 1.54) is 0 Å². The van der Waals surface area contributed by atoms with Gasteiger partial charge in [0.05, 0.1) is 5.69 Å². The highest BCUT2D eigenvalue weighted by atomic mass is 79.9. The van der Waals surface area contributed by atoms with Gasteiger partial charge in [-0.05, 0) is 12.1 Å². The third-order valence-corrected chi connectivity index (χ3v) is 3.29. The van der Waals surface area contributed by atoms with E-state index in [0.29, 0.717) is 0 Å². The quantitative estimate of drug-likeness (QED) is 0.741. The highest BCUT2D eigenvalue weighted by molar-refractivity contribution is 9.10. The second-order valence-corrected chi connectivity index (χ2v) is 4.92. The van der Waals surface area contributed by atoms with E-state index in [0.717, 1.165) is 27.1 Å². The molecular weight excluding hydrogens is 288 g/mol. The number of hydrogen-bond donors (Lipinski definition) is 1. The molecule has 0 saturated heterocycles. The Morgan fingerprint density at radius 3 is 2.28 bits per heavy atom. The van der Waals surface area contributed by atoms with Gasteiger partial charge in [0, 0.05) is 21.8 Å². The molecule has 18 heavy (non-hydrogen) atoms. The van der Waals surface area contributed by atoms with E-state index in [4.69, 9.17) is 0 Å². The SMILES string of the molecule is Brc1ccc(-c2c[nH]c(-c3ccccc3)n2)cc1. The Hall–Kier alpha value is -1.87. The van der Waals surface area contributed by atoms with Crippen molar-refractivity contribution in [3.63, 3.8) is 0 Å². The minimum Gasteiger partial charge on any atom is -0.344 e. The summed E-state index contributed by atoms with van der Waals surface area (Å²) in [7, 11) is 0. The van der Waals surface area contributed by atoms with Gasteiger partial charge in [-0.2, -0.15) is 0 Å². The number of aromatic amines is 1. The molecule has 0 radical (unpaired) electrons. The first-order valence-electron chi connectivity index (χ1n) is 5.70. The molecule has 3 rings (SSSR count). The molecule has 0 unspecified atom stereocenters. The number of halogens is 1. The fourth-order valence-electron chi connectivity index (χ4n) is 1.83. The van der Waals surface area contributed by atoms with E-state index < -0.39 is 0 Å². The molecule has 0 spiro atoms. The minimum absolute atomic E-state index is 0.897. The molecule has 2 nitrogen and oxygen atoms in total. The van der Waals surface area contributed by atoms with Crippen LogP contribution in [0.25, 0.3) is 22.6 Å².